The number of ether oxygens (including phenoxy) is 1. The molecule has 1 aromatic carbocycles. The van der Waals surface area contributed by atoms with E-state index in [2.05, 4.69) is 22.0 Å². The summed E-state index contributed by atoms with van der Waals surface area (Å²) in [4.78, 5) is 17.8. The number of aromatic nitrogens is 1. The molecule has 1 aromatic heterocycles. The first-order valence-electron chi connectivity index (χ1n) is 7.27. The zero-order valence-corrected chi connectivity index (χ0v) is 12.2. The lowest BCUT2D eigenvalue weighted by molar-refractivity contribution is 0.0766. The van der Waals surface area contributed by atoms with Crippen LogP contribution in [0.25, 0.3) is 0 Å². The number of hydrogen-bond acceptors (Lipinski definition) is 3. The van der Waals surface area contributed by atoms with Gasteiger partial charge in [-0.2, -0.15) is 0 Å². The van der Waals surface area contributed by atoms with E-state index in [4.69, 9.17) is 4.74 Å². The van der Waals surface area contributed by atoms with Crippen molar-refractivity contribution in [1.82, 2.24) is 9.88 Å². The number of fused-ring (bicyclic) bond motifs is 1. The number of benzene rings is 1. The van der Waals surface area contributed by atoms with Crippen LogP contribution < -0.4 is 5.43 Å². The minimum atomic E-state index is 0.0175. The summed E-state index contributed by atoms with van der Waals surface area (Å²) < 4.78 is 5.37. The van der Waals surface area contributed by atoms with Crippen LogP contribution in [0.3, 0.4) is 0 Å². The molecule has 4 nitrogen and oxygen atoms in total. The number of rotatable bonds is 4. The van der Waals surface area contributed by atoms with Gasteiger partial charge >= 0.3 is 0 Å². The predicted molar refractivity (Wildman–Crippen MR) is 82.2 cm³/mol. The molecule has 0 saturated heterocycles. The Labute approximate surface area is 124 Å². The molecule has 0 bridgehead atoms. The first kappa shape index (κ1) is 14.0. The number of aromatic amines is 1. The maximum Gasteiger partial charge on any atom is 0.186 e. The molecule has 1 N–H and O–H groups in total. The Morgan fingerprint density at radius 3 is 2.86 bits per heavy atom. The monoisotopic (exact) mass is 284 g/mol. The molecule has 0 fully saturated rings. The standard InChI is InChI=1S/C17H20N2O2/c1-21-12-15-17-14(18-9-7-16(17)20)8-10-19(15)11-13-5-3-2-4-6-13/h2-7,9,15H,8,10-12H2,1H3,(H,18,20). The molecule has 0 spiro atoms. The molecule has 4 heteroatoms. The number of nitrogens with one attached hydrogen (secondary N) is 1. The van der Waals surface area contributed by atoms with E-state index in [9.17, 15) is 4.79 Å². The molecule has 1 aliphatic heterocycles. The van der Waals surface area contributed by atoms with Crippen molar-refractivity contribution in [3.63, 3.8) is 0 Å². The molecule has 0 saturated carbocycles. The number of pyridine rings is 1. The van der Waals surface area contributed by atoms with Gasteiger partial charge in [-0.15, -0.1) is 0 Å². The Morgan fingerprint density at radius 1 is 1.29 bits per heavy atom. The van der Waals surface area contributed by atoms with Crippen LogP contribution >= 0.6 is 0 Å². The van der Waals surface area contributed by atoms with Gasteiger partial charge in [-0.1, -0.05) is 30.3 Å². The van der Waals surface area contributed by atoms with Crippen molar-refractivity contribution < 1.29 is 4.74 Å². The van der Waals surface area contributed by atoms with Crippen molar-refractivity contribution in [2.45, 2.75) is 19.0 Å². The zero-order valence-electron chi connectivity index (χ0n) is 12.2. The number of nitrogens with zero attached hydrogens (tertiary/aromatic N) is 1. The van der Waals surface area contributed by atoms with Crippen LogP contribution in [0.15, 0.2) is 47.4 Å². The summed E-state index contributed by atoms with van der Waals surface area (Å²) in [5, 5.41) is 0. The third-order valence-corrected chi connectivity index (χ3v) is 4.06. The van der Waals surface area contributed by atoms with Gasteiger partial charge in [-0.3, -0.25) is 9.69 Å². The molecule has 0 radical (unpaired) electrons. The summed E-state index contributed by atoms with van der Waals surface area (Å²) in [7, 11) is 1.69. The first-order valence-corrected chi connectivity index (χ1v) is 7.27. The van der Waals surface area contributed by atoms with E-state index in [1.54, 1.807) is 19.4 Å². The van der Waals surface area contributed by atoms with Gasteiger partial charge in [0.25, 0.3) is 0 Å². The molecule has 2 heterocycles. The van der Waals surface area contributed by atoms with Gasteiger partial charge < -0.3 is 9.72 Å². The molecule has 1 aliphatic rings. The Morgan fingerprint density at radius 2 is 2.10 bits per heavy atom. The highest BCUT2D eigenvalue weighted by atomic mass is 16.5. The van der Waals surface area contributed by atoms with Crippen LogP contribution in [-0.4, -0.2) is 30.1 Å². The van der Waals surface area contributed by atoms with Crippen molar-refractivity contribution in [1.29, 1.82) is 0 Å². The van der Waals surface area contributed by atoms with Gasteiger partial charge in [0.2, 0.25) is 0 Å². The second kappa shape index (κ2) is 6.24. The Hall–Kier alpha value is -1.91. The maximum absolute atomic E-state index is 12.2. The van der Waals surface area contributed by atoms with Gasteiger partial charge in [-0.05, 0) is 5.56 Å². The molecular formula is C17H20N2O2. The third kappa shape index (κ3) is 2.91. The summed E-state index contributed by atoms with van der Waals surface area (Å²) in [6.07, 6.45) is 2.61. The van der Waals surface area contributed by atoms with E-state index in [1.165, 1.54) is 5.56 Å². The summed E-state index contributed by atoms with van der Waals surface area (Å²) >= 11 is 0. The second-order valence-corrected chi connectivity index (χ2v) is 5.41. The van der Waals surface area contributed by atoms with Crippen molar-refractivity contribution in [2.24, 2.45) is 0 Å². The van der Waals surface area contributed by atoms with E-state index in [-0.39, 0.29) is 11.5 Å². The van der Waals surface area contributed by atoms with Gasteiger partial charge in [0.05, 0.1) is 12.6 Å². The minimum absolute atomic E-state index is 0.0175. The third-order valence-electron chi connectivity index (χ3n) is 4.06. The molecule has 1 unspecified atom stereocenters. The maximum atomic E-state index is 12.2. The zero-order chi connectivity index (χ0) is 14.7. The highest BCUT2D eigenvalue weighted by Crippen LogP contribution is 2.27. The topological polar surface area (TPSA) is 45.3 Å². The van der Waals surface area contributed by atoms with Crippen LogP contribution in [0, 0.1) is 0 Å². The molecule has 110 valence electrons. The fourth-order valence-electron chi connectivity index (χ4n) is 3.05. The van der Waals surface area contributed by atoms with Crippen molar-refractivity contribution in [3.05, 3.63) is 69.6 Å². The largest absolute Gasteiger partial charge is 0.383 e. The van der Waals surface area contributed by atoms with Crippen LogP contribution in [0.2, 0.25) is 0 Å². The average Bonchev–Trinajstić information content (AvgIpc) is 2.51. The molecular weight excluding hydrogens is 264 g/mol. The van der Waals surface area contributed by atoms with Crippen molar-refractivity contribution in [3.8, 4) is 0 Å². The SMILES string of the molecule is COCC1c2c([nH]ccc2=O)CCN1Cc1ccccc1. The van der Waals surface area contributed by atoms with E-state index in [1.807, 2.05) is 18.2 Å². The predicted octanol–water partition coefficient (Wildman–Crippen LogP) is 2.12. The van der Waals surface area contributed by atoms with Crippen LogP contribution in [-0.2, 0) is 17.7 Å². The first-order chi connectivity index (χ1) is 10.3. The molecule has 21 heavy (non-hydrogen) atoms. The van der Waals surface area contributed by atoms with E-state index in [0.717, 1.165) is 30.8 Å². The highest BCUT2D eigenvalue weighted by molar-refractivity contribution is 5.27. The normalized spacial score (nSPS) is 18.4. The van der Waals surface area contributed by atoms with Gasteiger partial charge in [0.15, 0.2) is 5.43 Å². The van der Waals surface area contributed by atoms with Crippen molar-refractivity contribution >= 4 is 0 Å². The fraction of sp³-hybridized carbons (Fsp3) is 0.353. The number of methoxy groups -OCH3 is 1. The lowest BCUT2D eigenvalue weighted by Crippen LogP contribution is -2.40. The lowest BCUT2D eigenvalue weighted by atomic mass is 9.96. The number of H-pyrrole nitrogens is 1. The Bertz CT molecular complexity index is 651. The molecule has 1 atom stereocenters. The van der Waals surface area contributed by atoms with Crippen LogP contribution in [0.4, 0.5) is 0 Å². The van der Waals surface area contributed by atoms with E-state index in [0.29, 0.717) is 6.61 Å². The number of hydrogen-bond donors (Lipinski definition) is 1. The molecule has 0 aliphatic carbocycles. The van der Waals surface area contributed by atoms with Crippen LogP contribution in [0.1, 0.15) is 22.9 Å². The Kier molecular flexibility index (Phi) is 4.18. The average molecular weight is 284 g/mol. The van der Waals surface area contributed by atoms with E-state index < -0.39 is 0 Å². The summed E-state index contributed by atoms with van der Waals surface area (Å²) in [5.41, 5.74) is 3.27. The summed E-state index contributed by atoms with van der Waals surface area (Å²) in [6.45, 7) is 2.30. The summed E-state index contributed by atoms with van der Waals surface area (Å²) in [5.74, 6) is 0. The Balaban J connectivity index is 1.92. The van der Waals surface area contributed by atoms with Crippen molar-refractivity contribution in [2.75, 3.05) is 20.3 Å². The molecule has 2 aromatic rings. The smallest absolute Gasteiger partial charge is 0.186 e. The molecule has 3 rings (SSSR count). The van der Waals surface area contributed by atoms with Gasteiger partial charge in [0.1, 0.15) is 0 Å². The second-order valence-electron chi connectivity index (χ2n) is 5.41. The van der Waals surface area contributed by atoms with Gasteiger partial charge in [0, 0.05) is 50.1 Å². The summed E-state index contributed by atoms with van der Waals surface area (Å²) in [6, 6.07) is 12.0. The fourth-order valence-corrected chi connectivity index (χ4v) is 3.05. The van der Waals surface area contributed by atoms with E-state index >= 15 is 0 Å². The van der Waals surface area contributed by atoms with Gasteiger partial charge in [-0.25, -0.2) is 0 Å². The lowest BCUT2D eigenvalue weighted by Gasteiger charge is -2.36. The quantitative estimate of drug-likeness (QED) is 0.935. The van der Waals surface area contributed by atoms with Crippen LogP contribution in [0.5, 0.6) is 0 Å². The molecule has 0 amide bonds. The minimum Gasteiger partial charge on any atom is -0.383 e. The highest BCUT2D eigenvalue weighted by Gasteiger charge is 2.29.